The van der Waals surface area contributed by atoms with Crippen LogP contribution in [0.25, 0.3) is 0 Å². The van der Waals surface area contributed by atoms with Gasteiger partial charge in [-0.1, -0.05) is 18.2 Å². The van der Waals surface area contributed by atoms with E-state index < -0.39 is 11.1 Å². The summed E-state index contributed by atoms with van der Waals surface area (Å²) in [7, 11) is 0. The van der Waals surface area contributed by atoms with Crippen molar-refractivity contribution in [3.8, 4) is 0 Å². The lowest BCUT2D eigenvalue weighted by molar-refractivity contribution is -0.458. The summed E-state index contributed by atoms with van der Waals surface area (Å²) in [5.74, 6) is 0. The molecular weight excluding hydrogens is 198 g/mol. The van der Waals surface area contributed by atoms with Crippen molar-refractivity contribution in [1.29, 1.82) is 0 Å². The summed E-state index contributed by atoms with van der Waals surface area (Å²) < 4.78 is 20.4. The molecule has 0 bridgehead atoms. The van der Waals surface area contributed by atoms with E-state index >= 15 is 0 Å². The molecule has 1 aromatic rings. The molecular formula is C10H17NO2S. The lowest BCUT2D eigenvalue weighted by Crippen LogP contribution is -2.67. The van der Waals surface area contributed by atoms with E-state index in [1.807, 2.05) is 0 Å². The Morgan fingerprint density at radius 1 is 1.21 bits per heavy atom. The fraction of sp³-hybridized carbons (Fsp3) is 0.400. The van der Waals surface area contributed by atoms with Crippen molar-refractivity contribution < 1.29 is 14.5 Å². The Bertz CT molecular complexity index is 274. The first kappa shape index (κ1) is 13.3. The quantitative estimate of drug-likeness (QED) is 0.709. The van der Waals surface area contributed by atoms with Crippen molar-refractivity contribution in [3.63, 3.8) is 0 Å². The topological polar surface area (TPSA) is 67.8 Å². The highest BCUT2D eigenvalue weighted by atomic mass is 32.2. The van der Waals surface area contributed by atoms with Crippen LogP contribution < -0.4 is 5.73 Å². The zero-order chi connectivity index (χ0) is 11.2. The largest absolute Gasteiger partial charge is 0.768 e. The van der Waals surface area contributed by atoms with Gasteiger partial charge < -0.3 is 10.3 Å². The van der Waals surface area contributed by atoms with E-state index in [9.17, 15) is 8.76 Å². The number of hydrogen-bond donors (Lipinski definition) is 1. The second-order valence-electron chi connectivity index (χ2n) is 4.11. The SMILES string of the molecule is CC(C)(C)[NH3+].O=S([O-])c1ccccc1. The summed E-state index contributed by atoms with van der Waals surface area (Å²) in [6, 6.07) is 8.23. The molecule has 1 rings (SSSR count). The van der Waals surface area contributed by atoms with Crippen molar-refractivity contribution in [2.75, 3.05) is 0 Å². The third-order valence-electron chi connectivity index (χ3n) is 0.936. The van der Waals surface area contributed by atoms with E-state index in [1.54, 1.807) is 30.3 Å². The lowest BCUT2D eigenvalue weighted by Gasteiger charge is -2.01. The molecule has 4 heteroatoms. The smallest absolute Gasteiger partial charge is 0.0860 e. The Kier molecular flexibility index (Phi) is 5.60. The minimum absolute atomic E-state index is 0.250. The number of rotatable bonds is 1. The van der Waals surface area contributed by atoms with E-state index in [2.05, 4.69) is 26.5 Å². The van der Waals surface area contributed by atoms with Crippen LogP contribution >= 0.6 is 0 Å². The first-order valence-corrected chi connectivity index (χ1v) is 5.38. The zero-order valence-corrected chi connectivity index (χ0v) is 9.64. The highest BCUT2D eigenvalue weighted by Gasteiger charge is 2.00. The van der Waals surface area contributed by atoms with Crippen LogP contribution in [-0.2, 0) is 11.1 Å². The Morgan fingerprint density at radius 3 is 1.79 bits per heavy atom. The maximum Gasteiger partial charge on any atom is 0.0860 e. The average Bonchev–Trinajstić information content (AvgIpc) is 2.03. The van der Waals surface area contributed by atoms with E-state index in [-0.39, 0.29) is 5.54 Å². The normalized spacial score (nSPS) is 12.6. The van der Waals surface area contributed by atoms with Gasteiger partial charge in [-0.05, 0) is 44.0 Å². The molecule has 0 saturated heterocycles. The average molecular weight is 215 g/mol. The second kappa shape index (κ2) is 5.90. The lowest BCUT2D eigenvalue weighted by atomic mass is 10.1. The summed E-state index contributed by atoms with van der Waals surface area (Å²) in [5, 5.41) is 0. The van der Waals surface area contributed by atoms with Gasteiger partial charge in [0.25, 0.3) is 0 Å². The molecule has 14 heavy (non-hydrogen) atoms. The van der Waals surface area contributed by atoms with Gasteiger partial charge in [-0.15, -0.1) is 0 Å². The summed E-state index contributed by atoms with van der Waals surface area (Å²) in [4.78, 5) is 0.331. The van der Waals surface area contributed by atoms with Crippen LogP contribution in [0.1, 0.15) is 20.8 Å². The number of quaternary nitrogens is 1. The minimum Gasteiger partial charge on any atom is -0.768 e. The van der Waals surface area contributed by atoms with E-state index in [4.69, 9.17) is 0 Å². The predicted molar refractivity (Wildman–Crippen MR) is 56.3 cm³/mol. The maximum atomic E-state index is 10.2. The Balaban J connectivity index is 0.000000292. The molecule has 80 valence electrons. The molecule has 0 radical (unpaired) electrons. The molecule has 3 N–H and O–H groups in total. The Labute approximate surface area is 87.6 Å². The van der Waals surface area contributed by atoms with Gasteiger partial charge in [-0.25, -0.2) is 0 Å². The van der Waals surface area contributed by atoms with Crippen LogP contribution in [0, 0.1) is 0 Å². The van der Waals surface area contributed by atoms with Crippen LogP contribution in [-0.4, -0.2) is 14.3 Å². The molecule has 1 atom stereocenters. The van der Waals surface area contributed by atoms with Crippen LogP contribution in [0.3, 0.4) is 0 Å². The minimum atomic E-state index is -2.08. The van der Waals surface area contributed by atoms with Crippen molar-refractivity contribution in [2.45, 2.75) is 31.2 Å². The van der Waals surface area contributed by atoms with Gasteiger partial charge in [0.2, 0.25) is 0 Å². The molecule has 3 nitrogen and oxygen atoms in total. The molecule has 1 unspecified atom stereocenters. The van der Waals surface area contributed by atoms with Crippen molar-refractivity contribution in [2.24, 2.45) is 0 Å². The highest BCUT2D eigenvalue weighted by molar-refractivity contribution is 7.79. The van der Waals surface area contributed by atoms with Crippen LogP contribution in [0.2, 0.25) is 0 Å². The summed E-state index contributed by atoms with van der Waals surface area (Å²) >= 11 is -2.08. The molecule has 0 aliphatic carbocycles. The molecule has 0 amide bonds. The first-order valence-electron chi connectivity index (χ1n) is 4.30. The number of benzene rings is 1. The molecule has 0 aliphatic rings. The standard InChI is InChI=1S/C6H6O2S.C4H11N/c7-9(8)6-4-2-1-3-5-6;1-4(2,3)5/h1-5H,(H,7,8);5H2,1-3H3. The second-order valence-corrected chi connectivity index (χ2v) is 5.05. The molecule has 0 aromatic heterocycles. The van der Waals surface area contributed by atoms with E-state index in [0.717, 1.165) is 0 Å². The van der Waals surface area contributed by atoms with Gasteiger partial charge in [-0.2, -0.15) is 0 Å². The first-order chi connectivity index (χ1) is 6.30. The zero-order valence-electron chi connectivity index (χ0n) is 8.82. The third-order valence-corrected chi connectivity index (χ3v) is 1.59. The predicted octanol–water partition coefficient (Wildman–Crippen LogP) is 0.951. The van der Waals surface area contributed by atoms with Crippen LogP contribution in [0.4, 0.5) is 0 Å². The van der Waals surface area contributed by atoms with Gasteiger partial charge in [0.05, 0.1) is 5.54 Å². The van der Waals surface area contributed by atoms with Crippen LogP contribution in [0.5, 0.6) is 0 Å². The summed E-state index contributed by atoms with van der Waals surface area (Å²) in [6.07, 6.45) is 0. The van der Waals surface area contributed by atoms with Gasteiger partial charge in [-0.3, -0.25) is 4.21 Å². The summed E-state index contributed by atoms with van der Waals surface area (Å²) in [6.45, 7) is 6.23. The fourth-order valence-corrected chi connectivity index (χ4v) is 0.911. The Morgan fingerprint density at radius 2 is 1.57 bits per heavy atom. The van der Waals surface area contributed by atoms with Gasteiger partial charge >= 0.3 is 0 Å². The van der Waals surface area contributed by atoms with Gasteiger partial charge in [0.1, 0.15) is 0 Å². The Hall–Kier alpha value is -0.710. The highest BCUT2D eigenvalue weighted by Crippen LogP contribution is 2.00. The monoisotopic (exact) mass is 215 g/mol. The molecule has 0 heterocycles. The van der Waals surface area contributed by atoms with Gasteiger partial charge in [0, 0.05) is 4.90 Å². The fourth-order valence-electron chi connectivity index (χ4n) is 0.532. The molecule has 0 saturated carbocycles. The molecule has 1 aromatic carbocycles. The van der Waals surface area contributed by atoms with E-state index in [0.29, 0.717) is 4.90 Å². The van der Waals surface area contributed by atoms with Crippen molar-refractivity contribution >= 4 is 11.1 Å². The maximum absolute atomic E-state index is 10.2. The van der Waals surface area contributed by atoms with E-state index in [1.165, 1.54) is 0 Å². The van der Waals surface area contributed by atoms with Crippen molar-refractivity contribution in [3.05, 3.63) is 30.3 Å². The van der Waals surface area contributed by atoms with Crippen molar-refractivity contribution in [1.82, 2.24) is 0 Å². The third kappa shape index (κ3) is 9.38. The molecule has 0 spiro atoms. The van der Waals surface area contributed by atoms with Gasteiger partial charge in [0.15, 0.2) is 0 Å². The molecule has 0 fully saturated rings. The van der Waals surface area contributed by atoms with Crippen LogP contribution in [0.15, 0.2) is 35.2 Å². The number of hydrogen-bond acceptors (Lipinski definition) is 2. The summed E-state index contributed by atoms with van der Waals surface area (Å²) in [5.41, 5.74) is 4.02. The molecule has 0 aliphatic heterocycles.